The van der Waals surface area contributed by atoms with Gasteiger partial charge in [-0.05, 0) is 29.5 Å². The Labute approximate surface area is 195 Å². The van der Waals surface area contributed by atoms with Crippen LogP contribution in [0.15, 0.2) is 104 Å². The minimum Gasteiger partial charge on any atom is -0.461 e. The fourth-order valence-corrected chi connectivity index (χ4v) is 4.02. The van der Waals surface area contributed by atoms with Crippen molar-refractivity contribution < 1.29 is 19.1 Å². The summed E-state index contributed by atoms with van der Waals surface area (Å²) in [5.74, 6) is -0.524. The van der Waals surface area contributed by atoms with Crippen molar-refractivity contribution in [1.29, 1.82) is 0 Å². The van der Waals surface area contributed by atoms with Gasteiger partial charge in [-0.3, -0.25) is 0 Å². The molecule has 1 N–H and O–H groups in total. The summed E-state index contributed by atoms with van der Waals surface area (Å²) < 4.78 is 10.2. The molecular weight excluding hydrogens is 414 g/mol. The van der Waals surface area contributed by atoms with E-state index < -0.39 is 12.1 Å². The SMILES string of the molecule is C=CC(=O)OCCNC(=O)OCCCC(c1ccccc1)(c1ccccc1)c1ccccc1. The van der Waals surface area contributed by atoms with Gasteiger partial charge in [-0.2, -0.15) is 0 Å². The molecule has 0 bridgehead atoms. The molecule has 33 heavy (non-hydrogen) atoms. The molecule has 0 spiro atoms. The zero-order valence-electron chi connectivity index (χ0n) is 18.6. The van der Waals surface area contributed by atoms with Crippen molar-refractivity contribution in [2.75, 3.05) is 19.8 Å². The number of hydrogen-bond acceptors (Lipinski definition) is 4. The number of amides is 1. The lowest BCUT2D eigenvalue weighted by atomic mass is 9.67. The summed E-state index contributed by atoms with van der Waals surface area (Å²) in [5, 5.41) is 2.58. The van der Waals surface area contributed by atoms with Gasteiger partial charge < -0.3 is 14.8 Å². The second-order valence-corrected chi connectivity index (χ2v) is 7.54. The van der Waals surface area contributed by atoms with Gasteiger partial charge in [0.2, 0.25) is 0 Å². The van der Waals surface area contributed by atoms with E-state index in [2.05, 4.69) is 84.7 Å². The van der Waals surface area contributed by atoms with E-state index in [0.29, 0.717) is 6.42 Å². The average Bonchev–Trinajstić information content (AvgIpc) is 2.88. The van der Waals surface area contributed by atoms with Gasteiger partial charge in [0, 0.05) is 11.5 Å². The van der Waals surface area contributed by atoms with Crippen molar-refractivity contribution in [3.05, 3.63) is 120 Å². The quantitative estimate of drug-likeness (QED) is 0.190. The number of nitrogens with one attached hydrogen (secondary N) is 1. The zero-order chi connectivity index (χ0) is 23.4. The summed E-state index contributed by atoms with van der Waals surface area (Å²) in [6.07, 6.45) is 1.97. The molecule has 0 aliphatic heterocycles. The number of alkyl carbamates (subject to hydrolysis) is 1. The average molecular weight is 444 g/mol. The molecule has 0 fully saturated rings. The molecule has 0 heterocycles. The van der Waals surface area contributed by atoms with Gasteiger partial charge in [0.1, 0.15) is 6.61 Å². The molecular formula is C28H29NO4. The molecule has 0 aliphatic rings. The smallest absolute Gasteiger partial charge is 0.407 e. The summed E-state index contributed by atoms with van der Waals surface area (Å²) in [6.45, 7) is 3.84. The van der Waals surface area contributed by atoms with Crippen LogP contribution in [0.4, 0.5) is 4.79 Å². The third-order valence-corrected chi connectivity index (χ3v) is 5.51. The van der Waals surface area contributed by atoms with Crippen LogP contribution < -0.4 is 5.32 Å². The second kappa shape index (κ2) is 12.2. The van der Waals surface area contributed by atoms with E-state index in [1.807, 2.05) is 18.2 Å². The first-order valence-electron chi connectivity index (χ1n) is 11.0. The number of ether oxygens (including phenoxy) is 2. The van der Waals surface area contributed by atoms with Crippen LogP contribution in [0.2, 0.25) is 0 Å². The van der Waals surface area contributed by atoms with Crippen molar-refractivity contribution in [1.82, 2.24) is 5.32 Å². The van der Waals surface area contributed by atoms with Crippen LogP contribution in [0.3, 0.4) is 0 Å². The molecule has 0 radical (unpaired) electrons. The van der Waals surface area contributed by atoms with Crippen molar-refractivity contribution >= 4 is 12.1 Å². The molecule has 3 aromatic rings. The molecule has 0 atom stereocenters. The van der Waals surface area contributed by atoms with Gasteiger partial charge in [-0.25, -0.2) is 9.59 Å². The molecule has 5 heteroatoms. The largest absolute Gasteiger partial charge is 0.461 e. The maximum absolute atomic E-state index is 12.0. The molecule has 3 aromatic carbocycles. The zero-order valence-corrected chi connectivity index (χ0v) is 18.6. The van der Waals surface area contributed by atoms with Gasteiger partial charge in [0.25, 0.3) is 0 Å². The van der Waals surface area contributed by atoms with Crippen molar-refractivity contribution in [3.63, 3.8) is 0 Å². The topological polar surface area (TPSA) is 64.6 Å². The van der Waals surface area contributed by atoms with E-state index in [4.69, 9.17) is 9.47 Å². The van der Waals surface area contributed by atoms with Crippen LogP contribution in [0, 0.1) is 0 Å². The number of carbonyl (C=O) groups is 2. The van der Waals surface area contributed by atoms with Crippen molar-refractivity contribution in [2.45, 2.75) is 18.3 Å². The van der Waals surface area contributed by atoms with Gasteiger partial charge in [-0.1, -0.05) is 97.6 Å². The van der Waals surface area contributed by atoms with E-state index in [-0.39, 0.29) is 25.2 Å². The number of hydrogen-bond donors (Lipinski definition) is 1. The highest BCUT2D eigenvalue weighted by molar-refractivity contribution is 5.81. The first-order chi connectivity index (χ1) is 16.2. The van der Waals surface area contributed by atoms with Crippen molar-refractivity contribution in [2.24, 2.45) is 0 Å². The van der Waals surface area contributed by atoms with E-state index in [1.165, 1.54) is 16.7 Å². The summed E-state index contributed by atoms with van der Waals surface area (Å²) in [4.78, 5) is 23.0. The van der Waals surface area contributed by atoms with Crippen LogP contribution in [-0.2, 0) is 19.7 Å². The molecule has 0 aliphatic carbocycles. The Hall–Kier alpha value is -3.86. The molecule has 0 aromatic heterocycles. The Morgan fingerprint density at radius 1 is 0.758 bits per heavy atom. The van der Waals surface area contributed by atoms with Crippen LogP contribution in [0.25, 0.3) is 0 Å². The van der Waals surface area contributed by atoms with Gasteiger partial charge in [0.05, 0.1) is 13.2 Å². The monoisotopic (exact) mass is 443 g/mol. The Balaban J connectivity index is 1.72. The summed E-state index contributed by atoms with van der Waals surface area (Å²) in [7, 11) is 0. The highest BCUT2D eigenvalue weighted by Gasteiger charge is 2.35. The minimum atomic E-state index is -0.533. The van der Waals surface area contributed by atoms with Crippen molar-refractivity contribution in [3.8, 4) is 0 Å². The number of esters is 1. The van der Waals surface area contributed by atoms with E-state index in [0.717, 1.165) is 12.5 Å². The Morgan fingerprint density at radius 3 is 1.70 bits per heavy atom. The number of rotatable bonds is 11. The number of benzene rings is 3. The third kappa shape index (κ3) is 6.32. The van der Waals surface area contributed by atoms with Crippen LogP contribution in [0.1, 0.15) is 29.5 Å². The Bertz CT molecular complexity index is 923. The Kier molecular flexibility index (Phi) is 8.83. The maximum atomic E-state index is 12.0. The number of carbonyl (C=O) groups excluding carboxylic acids is 2. The molecule has 170 valence electrons. The lowest BCUT2D eigenvalue weighted by molar-refractivity contribution is -0.137. The highest BCUT2D eigenvalue weighted by atomic mass is 16.6. The van der Waals surface area contributed by atoms with E-state index >= 15 is 0 Å². The van der Waals surface area contributed by atoms with Gasteiger partial charge >= 0.3 is 12.1 Å². The van der Waals surface area contributed by atoms with Gasteiger partial charge in [-0.15, -0.1) is 0 Å². The first kappa shape index (κ1) is 23.8. The maximum Gasteiger partial charge on any atom is 0.407 e. The fraction of sp³-hybridized carbons (Fsp3) is 0.214. The van der Waals surface area contributed by atoms with Gasteiger partial charge in [0.15, 0.2) is 0 Å². The molecule has 1 amide bonds. The predicted molar refractivity (Wildman–Crippen MR) is 129 cm³/mol. The van der Waals surface area contributed by atoms with Crippen LogP contribution in [0.5, 0.6) is 0 Å². The molecule has 3 rings (SSSR count). The second-order valence-electron chi connectivity index (χ2n) is 7.54. The fourth-order valence-electron chi connectivity index (χ4n) is 4.02. The summed E-state index contributed by atoms with van der Waals surface area (Å²) in [6, 6.07) is 31.3. The third-order valence-electron chi connectivity index (χ3n) is 5.51. The predicted octanol–water partition coefficient (Wildman–Crippen LogP) is 5.26. The lowest BCUT2D eigenvalue weighted by Crippen LogP contribution is -2.31. The molecule has 0 unspecified atom stereocenters. The molecule has 0 saturated heterocycles. The van der Waals surface area contributed by atoms with E-state index in [9.17, 15) is 9.59 Å². The summed E-state index contributed by atoms with van der Waals surface area (Å²) in [5.41, 5.74) is 3.20. The minimum absolute atomic E-state index is 0.0685. The standard InChI is InChI=1S/C28H29NO4/c1-2-26(30)32-22-20-29-27(31)33-21-12-19-28(23-13-6-3-7-14-23,24-15-8-4-9-16-24)25-17-10-5-11-18-25/h2-11,13-18H,1,12,19-22H2,(H,29,31). The first-order valence-corrected chi connectivity index (χ1v) is 11.0. The normalized spacial score (nSPS) is 10.8. The molecule has 5 nitrogen and oxygen atoms in total. The van der Waals surface area contributed by atoms with Crippen LogP contribution in [-0.4, -0.2) is 31.8 Å². The Morgan fingerprint density at radius 2 is 1.24 bits per heavy atom. The van der Waals surface area contributed by atoms with Crippen LogP contribution >= 0.6 is 0 Å². The lowest BCUT2D eigenvalue weighted by Gasteiger charge is -2.36. The molecule has 0 saturated carbocycles. The summed E-state index contributed by atoms with van der Waals surface area (Å²) >= 11 is 0. The highest BCUT2D eigenvalue weighted by Crippen LogP contribution is 2.42. The van der Waals surface area contributed by atoms with E-state index in [1.54, 1.807) is 0 Å².